The van der Waals surface area contributed by atoms with E-state index in [4.69, 9.17) is 0 Å². The summed E-state index contributed by atoms with van der Waals surface area (Å²) >= 11 is 0. The van der Waals surface area contributed by atoms with Crippen molar-refractivity contribution in [2.45, 2.75) is 84.5 Å². The van der Waals surface area contributed by atoms with Gasteiger partial charge in [-0.1, -0.05) is 12.1 Å². The standard InChI is InChI=1S/C27H39N3O3/c1-14(2)30(15(3)4)27(33)25-16(5)19-11-20-21(12-22(19)28-25)24-17(10-23(20)29(6)7)8-9-18(13-31)26(24)32/h8-9,14-15,20-21,23,28,31-32H,10-13H2,1-7H3/t20-,21?,23-/m1/s1. The lowest BCUT2D eigenvalue weighted by Crippen LogP contribution is -2.46. The molecule has 1 aromatic carbocycles. The lowest BCUT2D eigenvalue weighted by Gasteiger charge is -2.45. The van der Waals surface area contributed by atoms with Crippen LogP contribution < -0.4 is 0 Å². The van der Waals surface area contributed by atoms with Gasteiger partial charge >= 0.3 is 0 Å². The van der Waals surface area contributed by atoms with Gasteiger partial charge in [-0.2, -0.15) is 0 Å². The number of hydrogen-bond acceptors (Lipinski definition) is 4. The Kier molecular flexibility index (Phi) is 6.36. The second-order valence-corrected chi connectivity index (χ2v) is 10.7. The van der Waals surface area contributed by atoms with E-state index in [-0.39, 0.29) is 36.3 Å². The smallest absolute Gasteiger partial charge is 0.271 e. The molecule has 2 aromatic rings. The minimum absolute atomic E-state index is 0.0600. The number of H-pyrrole nitrogens is 1. The van der Waals surface area contributed by atoms with Gasteiger partial charge in [-0.3, -0.25) is 4.79 Å². The molecule has 1 heterocycles. The minimum atomic E-state index is -0.167. The first kappa shape index (κ1) is 23.8. The molecular weight excluding hydrogens is 414 g/mol. The van der Waals surface area contributed by atoms with Gasteiger partial charge in [0, 0.05) is 34.9 Å². The number of rotatable bonds is 5. The van der Waals surface area contributed by atoms with E-state index < -0.39 is 0 Å². The molecule has 0 saturated carbocycles. The van der Waals surface area contributed by atoms with Gasteiger partial charge in [0.05, 0.1) is 6.61 Å². The number of nitrogens with zero attached hydrogens (tertiary/aromatic N) is 2. The van der Waals surface area contributed by atoms with Crippen molar-refractivity contribution < 1.29 is 15.0 Å². The molecule has 6 heteroatoms. The second kappa shape index (κ2) is 8.80. The van der Waals surface area contributed by atoms with Crippen LogP contribution in [0, 0.1) is 12.8 Å². The third kappa shape index (κ3) is 3.87. The molecule has 3 atom stereocenters. The van der Waals surface area contributed by atoms with E-state index in [1.165, 1.54) is 11.1 Å². The third-order valence-electron chi connectivity index (χ3n) is 7.93. The Balaban J connectivity index is 1.79. The zero-order chi connectivity index (χ0) is 24.2. The molecule has 1 amide bonds. The Morgan fingerprint density at radius 1 is 1.12 bits per heavy atom. The van der Waals surface area contributed by atoms with Gasteiger partial charge in [0.15, 0.2) is 0 Å². The normalized spacial score (nSPS) is 21.8. The predicted molar refractivity (Wildman–Crippen MR) is 131 cm³/mol. The quantitative estimate of drug-likeness (QED) is 0.644. The topological polar surface area (TPSA) is 79.8 Å². The van der Waals surface area contributed by atoms with Crippen LogP contribution in [0.4, 0.5) is 0 Å². The molecule has 1 aromatic heterocycles. The van der Waals surface area contributed by atoms with Gasteiger partial charge in [-0.05, 0) is 96.5 Å². The molecule has 4 rings (SSSR count). The molecule has 33 heavy (non-hydrogen) atoms. The Bertz CT molecular complexity index is 1050. The number of aliphatic hydroxyl groups is 1. The Morgan fingerprint density at radius 2 is 1.79 bits per heavy atom. The molecule has 0 saturated heterocycles. The monoisotopic (exact) mass is 453 g/mol. The Hall–Kier alpha value is -2.31. The molecule has 180 valence electrons. The van der Waals surface area contributed by atoms with Crippen molar-refractivity contribution in [3.8, 4) is 5.75 Å². The van der Waals surface area contributed by atoms with Crippen LogP contribution in [0.1, 0.15) is 77.6 Å². The van der Waals surface area contributed by atoms with Crippen molar-refractivity contribution in [2.24, 2.45) is 5.92 Å². The number of benzene rings is 1. The van der Waals surface area contributed by atoms with Crippen molar-refractivity contribution >= 4 is 5.91 Å². The molecule has 6 nitrogen and oxygen atoms in total. The summed E-state index contributed by atoms with van der Waals surface area (Å²) in [4.78, 5) is 21.3. The molecular formula is C27H39N3O3. The van der Waals surface area contributed by atoms with E-state index in [2.05, 4.69) is 64.7 Å². The zero-order valence-corrected chi connectivity index (χ0v) is 21.1. The van der Waals surface area contributed by atoms with Gasteiger partial charge in [-0.25, -0.2) is 0 Å². The fourth-order valence-electron chi connectivity index (χ4n) is 6.38. The first-order valence-electron chi connectivity index (χ1n) is 12.2. The molecule has 2 aliphatic carbocycles. The summed E-state index contributed by atoms with van der Waals surface area (Å²) in [6, 6.07) is 4.52. The number of amides is 1. The van der Waals surface area contributed by atoms with Crippen LogP contribution in [0.15, 0.2) is 12.1 Å². The van der Waals surface area contributed by atoms with Crippen LogP contribution in [-0.4, -0.2) is 63.1 Å². The molecule has 0 radical (unpaired) electrons. The van der Waals surface area contributed by atoms with Gasteiger partial charge in [0.2, 0.25) is 0 Å². The SMILES string of the molecule is Cc1c(C(=O)N(C(C)C)C(C)C)[nH]c2c1C[C@@H]1C(C2)c2c(ccc(CO)c2O)C[C@H]1N(C)C. The maximum absolute atomic E-state index is 13.5. The highest BCUT2D eigenvalue weighted by molar-refractivity contribution is 5.95. The van der Waals surface area contributed by atoms with E-state index in [1.807, 2.05) is 11.0 Å². The average molecular weight is 454 g/mol. The van der Waals surface area contributed by atoms with Gasteiger partial charge in [0.25, 0.3) is 5.91 Å². The molecule has 1 unspecified atom stereocenters. The average Bonchev–Trinajstić information content (AvgIpc) is 3.06. The molecule has 2 aliphatic rings. The van der Waals surface area contributed by atoms with Crippen LogP contribution >= 0.6 is 0 Å². The van der Waals surface area contributed by atoms with Crippen LogP contribution in [0.3, 0.4) is 0 Å². The summed E-state index contributed by atoms with van der Waals surface area (Å²) in [7, 11) is 4.26. The van der Waals surface area contributed by atoms with Crippen molar-refractivity contribution in [3.05, 3.63) is 51.3 Å². The first-order valence-corrected chi connectivity index (χ1v) is 12.2. The van der Waals surface area contributed by atoms with Crippen LogP contribution in [0.25, 0.3) is 0 Å². The highest BCUT2D eigenvalue weighted by Gasteiger charge is 2.44. The lowest BCUT2D eigenvalue weighted by molar-refractivity contribution is 0.0637. The number of fused-ring (bicyclic) bond motifs is 4. The highest BCUT2D eigenvalue weighted by Crippen LogP contribution is 2.49. The van der Waals surface area contributed by atoms with Crippen molar-refractivity contribution in [1.29, 1.82) is 0 Å². The third-order valence-corrected chi connectivity index (χ3v) is 7.93. The summed E-state index contributed by atoms with van der Waals surface area (Å²) in [5.74, 6) is 0.789. The summed E-state index contributed by atoms with van der Waals surface area (Å²) in [6.45, 7) is 10.1. The Morgan fingerprint density at radius 3 is 2.36 bits per heavy atom. The first-order chi connectivity index (χ1) is 15.6. The van der Waals surface area contributed by atoms with E-state index >= 15 is 0 Å². The van der Waals surface area contributed by atoms with Crippen LogP contribution in [0.2, 0.25) is 0 Å². The molecule has 0 aliphatic heterocycles. The minimum Gasteiger partial charge on any atom is -0.507 e. The number of nitrogens with one attached hydrogen (secondary N) is 1. The van der Waals surface area contributed by atoms with E-state index in [0.717, 1.165) is 36.1 Å². The summed E-state index contributed by atoms with van der Waals surface area (Å²) in [5.41, 5.74) is 6.89. The number of carbonyl (C=O) groups excluding carboxylic acids is 1. The van der Waals surface area contributed by atoms with Crippen molar-refractivity contribution in [3.63, 3.8) is 0 Å². The summed E-state index contributed by atoms with van der Waals surface area (Å²) in [6.07, 6.45) is 2.52. The second-order valence-electron chi connectivity index (χ2n) is 10.7. The van der Waals surface area contributed by atoms with E-state index in [0.29, 0.717) is 23.2 Å². The zero-order valence-electron chi connectivity index (χ0n) is 21.1. The lowest BCUT2D eigenvalue weighted by atomic mass is 9.64. The number of aromatic hydroxyl groups is 1. The van der Waals surface area contributed by atoms with E-state index in [1.54, 1.807) is 0 Å². The van der Waals surface area contributed by atoms with Crippen molar-refractivity contribution in [1.82, 2.24) is 14.8 Å². The summed E-state index contributed by atoms with van der Waals surface area (Å²) in [5, 5.41) is 20.8. The number of likely N-dealkylation sites (N-methyl/N-ethyl adjacent to an activating group) is 1. The maximum Gasteiger partial charge on any atom is 0.271 e. The number of aromatic nitrogens is 1. The number of aromatic amines is 1. The number of aliphatic hydroxyl groups excluding tert-OH is 1. The molecule has 0 bridgehead atoms. The van der Waals surface area contributed by atoms with Gasteiger partial charge in [0.1, 0.15) is 11.4 Å². The van der Waals surface area contributed by atoms with E-state index in [9.17, 15) is 15.0 Å². The van der Waals surface area contributed by atoms with Gasteiger partial charge in [-0.15, -0.1) is 0 Å². The molecule has 3 N–H and O–H groups in total. The summed E-state index contributed by atoms with van der Waals surface area (Å²) < 4.78 is 0. The fourth-order valence-corrected chi connectivity index (χ4v) is 6.38. The molecule has 0 fully saturated rings. The number of hydrogen-bond donors (Lipinski definition) is 3. The van der Waals surface area contributed by atoms with Gasteiger partial charge < -0.3 is 25.0 Å². The number of phenols is 1. The Labute approximate surface area is 197 Å². The number of carbonyl (C=O) groups is 1. The van der Waals surface area contributed by atoms with Crippen LogP contribution in [-0.2, 0) is 25.9 Å². The highest BCUT2D eigenvalue weighted by atomic mass is 16.3. The van der Waals surface area contributed by atoms with Crippen molar-refractivity contribution in [2.75, 3.05) is 14.1 Å². The van der Waals surface area contributed by atoms with Crippen LogP contribution in [0.5, 0.6) is 5.75 Å². The predicted octanol–water partition coefficient (Wildman–Crippen LogP) is 3.76. The maximum atomic E-state index is 13.5. The largest absolute Gasteiger partial charge is 0.507 e. The molecule has 0 spiro atoms. The fraction of sp³-hybridized carbons (Fsp3) is 0.593.